The van der Waals surface area contributed by atoms with Crippen LogP contribution in [-0.4, -0.2) is 52.5 Å². The molecule has 3 heterocycles. The first-order valence-electron chi connectivity index (χ1n) is 10.6. The van der Waals surface area contributed by atoms with Crippen molar-refractivity contribution in [2.24, 2.45) is 27.8 Å². The highest BCUT2D eigenvalue weighted by Gasteiger charge is 2.26. The monoisotopic (exact) mass is 418 g/mol. The lowest BCUT2D eigenvalue weighted by Crippen LogP contribution is -2.43. The summed E-state index contributed by atoms with van der Waals surface area (Å²) in [5.41, 5.74) is 16.9. The molecule has 8 heteroatoms. The number of nitrogens with zero attached hydrogens (tertiary/aromatic N) is 6. The molecule has 1 aromatic heterocycles. The lowest BCUT2D eigenvalue weighted by molar-refractivity contribution is 0.309. The van der Waals surface area contributed by atoms with Crippen LogP contribution in [0.5, 0.6) is 0 Å². The number of aromatic nitrogens is 2. The van der Waals surface area contributed by atoms with Gasteiger partial charge in [0.25, 0.3) is 0 Å². The minimum Gasteiger partial charge on any atom is -0.399 e. The van der Waals surface area contributed by atoms with Crippen molar-refractivity contribution in [2.45, 2.75) is 38.3 Å². The second kappa shape index (κ2) is 8.85. The van der Waals surface area contributed by atoms with E-state index in [-0.39, 0.29) is 12.1 Å². The molecule has 4 rings (SSSR count). The van der Waals surface area contributed by atoms with Gasteiger partial charge >= 0.3 is 0 Å². The van der Waals surface area contributed by atoms with Crippen LogP contribution >= 0.6 is 0 Å². The largest absolute Gasteiger partial charge is 0.399 e. The van der Waals surface area contributed by atoms with Crippen LogP contribution in [0.15, 0.2) is 56.7 Å². The lowest BCUT2D eigenvalue weighted by Gasteiger charge is -2.33. The highest BCUT2D eigenvalue weighted by atomic mass is 15.3. The van der Waals surface area contributed by atoms with Crippen molar-refractivity contribution in [3.05, 3.63) is 53.0 Å². The standard InChI is InChI=1S/C23H30N8/c1-15(12-20-22(26-2)30(3)14-28-20)19-13-27-23(31-10-8-18(25)9-11-31)29-21(19)16-4-6-17(24)7-5-16/h4-7,13-14,18,21H,2,8-12,24-25H2,1,3H3/b19-15+. The number of guanidine groups is 1. The number of aryl methyl sites for hydroxylation is 1. The predicted molar refractivity (Wildman–Crippen MR) is 127 cm³/mol. The number of nitrogen functional groups attached to an aromatic ring is 1. The molecule has 1 atom stereocenters. The zero-order valence-corrected chi connectivity index (χ0v) is 18.2. The maximum Gasteiger partial charge on any atom is 0.221 e. The highest BCUT2D eigenvalue weighted by Crippen LogP contribution is 2.33. The second-order valence-electron chi connectivity index (χ2n) is 8.28. The zero-order chi connectivity index (χ0) is 22.0. The number of imidazole rings is 1. The van der Waals surface area contributed by atoms with Gasteiger partial charge in [0.1, 0.15) is 6.04 Å². The second-order valence-corrected chi connectivity index (χ2v) is 8.28. The smallest absolute Gasteiger partial charge is 0.221 e. The van der Waals surface area contributed by atoms with Gasteiger partial charge in [-0.2, -0.15) is 0 Å². The number of nitrogens with two attached hydrogens (primary N) is 2. The van der Waals surface area contributed by atoms with E-state index < -0.39 is 0 Å². The van der Waals surface area contributed by atoms with Crippen molar-refractivity contribution in [1.82, 2.24) is 14.5 Å². The molecule has 1 saturated heterocycles. The van der Waals surface area contributed by atoms with E-state index in [1.807, 2.05) is 42.1 Å². The Bertz CT molecular complexity index is 1040. The van der Waals surface area contributed by atoms with Crippen LogP contribution in [0.2, 0.25) is 0 Å². The van der Waals surface area contributed by atoms with Crippen molar-refractivity contribution in [3.63, 3.8) is 0 Å². The van der Waals surface area contributed by atoms with Gasteiger partial charge in [0.05, 0.1) is 12.0 Å². The maximum absolute atomic E-state index is 6.08. The number of aliphatic imine (C=N–C) groups is 3. The summed E-state index contributed by atoms with van der Waals surface area (Å²) in [4.78, 5) is 20.7. The molecule has 31 heavy (non-hydrogen) atoms. The van der Waals surface area contributed by atoms with Crippen molar-refractivity contribution in [2.75, 3.05) is 18.8 Å². The van der Waals surface area contributed by atoms with Gasteiger partial charge < -0.3 is 20.9 Å². The first-order chi connectivity index (χ1) is 15.0. The minimum atomic E-state index is -0.146. The maximum atomic E-state index is 6.08. The normalized spacial score (nSPS) is 21.2. The van der Waals surface area contributed by atoms with Crippen molar-refractivity contribution in [1.29, 1.82) is 0 Å². The first kappa shape index (κ1) is 21.0. The van der Waals surface area contributed by atoms with Crippen LogP contribution in [0.3, 0.4) is 0 Å². The molecule has 1 aromatic carbocycles. The zero-order valence-electron chi connectivity index (χ0n) is 18.2. The Balaban J connectivity index is 1.69. The third kappa shape index (κ3) is 4.44. The van der Waals surface area contributed by atoms with E-state index in [4.69, 9.17) is 21.5 Å². The molecule has 0 amide bonds. The molecule has 1 unspecified atom stereocenters. The molecular formula is C23H30N8. The number of benzene rings is 1. The van der Waals surface area contributed by atoms with Gasteiger partial charge in [-0.05, 0) is 49.8 Å². The molecule has 2 aliphatic heterocycles. The number of likely N-dealkylation sites (tertiary alicyclic amines) is 1. The van der Waals surface area contributed by atoms with E-state index in [1.165, 1.54) is 0 Å². The van der Waals surface area contributed by atoms with Crippen LogP contribution in [0.25, 0.3) is 0 Å². The molecule has 8 nitrogen and oxygen atoms in total. The highest BCUT2D eigenvalue weighted by molar-refractivity contribution is 5.97. The summed E-state index contributed by atoms with van der Waals surface area (Å²) in [7, 11) is 1.92. The number of hydrogen-bond donors (Lipinski definition) is 2. The Hall–Kier alpha value is -3.26. The molecule has 4 N–H and O–H groups in total. The van der Waals surface area contributed by atoms with Crippen molar-refractivity contribution in [3.8, 4) is 0 Å². The van der Waals surface area contributed by atoms with Crippen molar-refractivity contribution >= 4 is 30.4 Å². The Morgan fingerprint density at radius 3 is 2.61 bits per heavy atom. The molecule has 1 fully saturated rings. The summed E-state index contributed by atoms with van der Waals surface area (Å²) in [5.74, 6) is 1.56. The minimum absolute atomic E-state index is 0.146. The van der Waals surface area contributed by atoms with Gasteiger partial charge in [-0.25, -0.2) is 20.0 Å². The van der Waals surface area contributed by atoms with E-state index in [9.17, 15) is 0 Å². The van der Waals surface area contributed by atoms with Gasteiger partial charge in [0, 0.05) is 44.5 Å². The fourth-order valence-corrected chi connectivity index (χ4v) is 4.11. The quantitative estimate of drug-likeness (QED) is 0.587. The summed E-state index contributed by atoms with van der Waals surface area (Å²) in [6.45, 7) is 7.55. The summed E-state index contributed by atoms with van der Waals surface area (Å²) < 4.78 is 1.88. The summed E-state index contributed by atoms with van der Waals surface area (Å²) in [6, 6.07) is 8.03. The number of hydrogen-bond acceptors (Lipinski definition) is 7. The Labute approximate surface area is 183 Å². The van der Waals surface area contributed by atoms with Crippen molar-refractivity contribution < 1.29 is 0 Å². The number of anilines is 1. The average Bonchev–Trinajstić information content (AvgIpc) is 3.13. The Kier molecular flexibility index (Phi) is 5.99. The third-order valence-electron chi connectivity index (χ3n) is 5.99. The molecule has 0 bridgehead atoms. The Morgan fingerprint density at radius 1 is 1.23 bits per heavy atom. The van der Waals surface area contributed by atoms with Gasteiger partial charge in [0.15, 0.2) is 5.82 Å². The lowest BCUT2D eigenvalue weighted by atomic mass is 9.93. The summed E-state index contributed by atoms with van der Waals surface area (Å²) in [5, 5.41) is 0. The molecular weight excluding hydrogens is 388 g/mol. The molecule has 0 aliphatic carbocycles. The fraction of sp³-hybridized carbons (Fsp3) is 0.391. The van der Waals surface area contributed by atoms with Gasteiger partial charge in [-0.15, -0.1) is 0 Å². The van der Waals surface area contributed by atoms with Crippen LogP contribution in [0.1, 0.15) is 37.1 Å². The Morgan fingerprint density at radius 2 is 1.94 bits per heavy atom. The fourth-order valence-electron chi connectivity index (χ4n) is 4.11. The topological polar surface area (TPSA) is 110 Å². The van der Waals surface area contributed by atoms with Crippen LogP contribution in [-0.2, 0) is 13.5 Å². The summed E-state index contributed by atoms with van der Waals surface area (Å²) >= 11 is 0. The average molecular weight is 419 g/mol. The first-order valence-corrected chi connectivity index (χ1v) is 10.6. The molecule has 0 radical (unpaired) electrons. The van der Waals surface area contributed by atoms with Gasteiger partial charge in [0.2, 0.25) is 5.96 Å². The molecule has 0 saturated carbocycles. The molecule has 2 aliphatic rings. The van der Waals surface area contributed by atoms with Crippen LogP contribution in [0.4, 0.5) is 11.5 Å². The van der Waals surface area contributed by atoms with E-state index >= 15 is 0 Å². The number of piperidine rings is 1. The van der Waals surface area contributed by atoms with E-state index in [0.717, 1.165) is 65.8 Å². The van der Waals surface area contributed by atoms with Gasteiger partial charge in [-0.1, -0.05) is 17.7 Å². The van der Waals surface area contributed by atoms with Crippen LogP contribution < -0.4 is 11.5 Å². The van der Waals surface area contributed by atoms with Crippen LogP contribution in [0, 0.1) is 0 Å². The van der Waals surface area contributed by atoms with E-state index in [0.29, 0.717) is 6.42 Å². The third-order valence-corrected chi connectivity index (χ3v) is 5.99. The van der Waals surface area contributed by atoms with Gasteiger partial charge in [-0.3, -0.25) is 0 Å². The predicted octanol–water partition coefficient (Wildman–Crippen LogP) is 2.80. The molecule has 0 spiro atoms. The number of allylic oxidation sites excluding steroid dienone is 1. The van der Waals surface area contributed by atoms with E-state index in [1.54, 1.807) is 6.33 Å². The van der Waals surface area contributed by atoms with E-state index in [2.05, 4.69) is 28.5 Å². The number of rotatable bonds is 4. The molecule has 2 aromatic rings. The SMILES string of the molecule is C=Nc1c(C/C(C)=C2\C=NC(N3CCC(N)CC3)=NC2c2ccc(N)cc2)ncn1C. The molecule has 162 valence electrons. The summed E-state index contributed by atoms with van der Waals surface area (Å²) in [6.07, 6.45) is 6.29.